The van der Waals surface area contributed by atoms with E-state index in [0.717, 1.165) is 5.39 Å². The Kier molecular flexibility index (Phi) is 5.01. The van der Waals surface area contributed by atoms with E-state index in [4.69, 9.17) is 0 Å². The number of amides is 1. The van der Waals surface area contributed by atoms with Crippen LogP contribution in [0.15, 0.2) is 59.6 Å². The molecule has 0 unspecified atom stereocenters. The largest absolute Gasteiger partial charge is 0.320 e. The SMILES string of the molecule is CCNS(=O)(=O)c1ccc(C)c(C(=O)Nc2cccc3cccnc23)c1. The zero-order valence-electron chi connectivity index (χ0n) is 14.5. The van der Waals surface area contributed by atoms with Gasteiger partial charge in [0.2, 0.25) is 10.0 Å². The van der Waals surface area contributed by atoms with E-state index in [1.54, 1.807) is 32.2 Å². The minimum absolute atomic E-state index is 0.0612. The first-order chi connectivity index (χ1) is 12.4. The van der Waals surface area contributed by atoms with E-state index in [1.807, 2.05) is 24.3 Å². The standard InChI is InChI=1S/C19H19N3O3S/c1-3-21-26(24,25)15-10-9-13(2)16(12-15)19(23)22-17-8-4-6-14-7-5-11-20-18(14)17/h4-12,21H,3H2,1-2H3,(H,22,23). The van der Waals surface area contributed by atoms with Crippen molar-refractivity contribution in [2.45, 2.75) is 18.7 Å². The van der Waals surface area contributed by atoms with E-state index in [-0.39, 0.29) is 17.3 Å². The monoisotopic (exact) mass is 369 g/mol. The van der Waals surface area contributed by atoms with Crippen molar-refractivity contribution in [2.75, 3.05) is 11.9 Å². The van der Waals surface area contributed by atoms with E-state index in [0.29, 0.717) is 22.3 Å². The minimum atomic E-state index is -3.63. The third kappa shape index (κ3) is 3.58. The van der Waals surface area contributed by atoms with Gasteiger partial charge in [-0.05, 0) is 36.8 Å². The van der Waals surface area contributed by atoms with Crippen LogP contribution in [0.1, 0.15) is 22.8 Å². The summed E-state index contributed by atoms with van der Waals surface area (Å²) in [5.41, 5.74) is 2.24. The van der Waals surface area contributed by atoms with Crippen LogP contribution < -0.4 is 10.0 Å². The minimum Gasteiger partial charge on any atom is -0.320 e. The van der Waals surface area contributed by atoms with Crippen molar-refractivity contribution in [3.63, 3.8) is 0 Å². The smallest absolute Gasteiger partial charge is 0.256 e. The molecule has 0 fully saturated rings. The molecule has 1 amide bonds. The van der Waals surface area contributed by atoms with Crippen molar-refractivity contribution in [2.24, 2.45) is 0 Å². The summed E-state index contributed by atoms with van der Waals surface area (Å²) in [5.74, 6) is -0.380. The summed E-state index contributed by atoms with van der Waals surface area (Å²) in [6.07, 6.45) is 1.66. The molecule has 26 heavy (non-hydrogen) atoms. The Bertz CT molecular complexity index is 1070. The van der Waals surface area contributed by atoms with Gasteiger partial charge in [-0.25, -0.2) is 13.1 Å². The highest BCUT2D eigenvalue weighted by Gasteiger charge is 2.18. The number of carbonyl (C=O) groups is 1. The number of aryl methyl sites for hydroxylation is 1. The molecule has 0 aliphatic heterocycles. The Morgan fingerprint density at radius 1 is 1.12 bits per heavy atom. The molecule has 0 saturated carbocycles. The molecule has 6 nitrogen and oxygen atoms in total. The maximum atomic E-state index is 12.8. The molecule has 3 aromatic rings. The topological polar surface area (TPSA) is 88.2 Å². The molecule has 2 N–H and O–H groups in total. The molecule has 3 rings (SSSR count). The Morgan fingerprint density at radius 3 is 2.65 bits per heavy atom. The number of sulfonamides is 1. The number of nitrogens with zero attached hydrogens (tertiary/aromatic N) is 1. The zero-order valence-corrected chi connectivity index (χ0v) is 15.3. The van der Waals surface area contributed by atoms with E-state index in [2.05, 4.69) is 15.0 Å². The molecule has 7 heteroatoms. The Balaban J connectivity index is 1.97. The number of para-hydroxylation sites is 1. The van der Waals surface area contributed by atoms with Gasteiger partial charge in [0, 0.05) is 23.7 Å². The van der Waals surface area contributed by atoms with Gasteiger partial charge >= 0.3 is 0 Å². The van der Waals surface area contributed by atoms with Gasteiger partial charge in [0.25, 0.3) is 5.91 Å². The van der Waals surface area contributed by atoms with E-state index in [9.17, 15) is 13.2 Å². The molecule has 0 aliphatic carbocycles. The van der Waals surface area contributed by atoms with Crippen molar-refractivity contribution in [1.82, 2.24) is 9.71 Å². The number of carbonyl (C=O) groups excluding carboxylic acids is 1. The summed E-state index contributed by atoms with van der Waals surface area (Å²) in [4.78, 5) is 17.1. The highest BCUT2D eigenvalue weighted by atomic mass is 32.2. The molecule has 0 bridgehead atoms. The highest BCUT2D eigenvalue weighted by Crippen LogP contribution is 2.23. The Morgan fingerprint density at radius 2 is 1.88 bits per heavy atom. The van der Waals surface area contributed by atoms with Gasteiger partial charge in [0.05, 0.1) is 16.1 Å². The van der Waals surface area contributed by atoms with Crippen LogP contribution in [0.2, 0.25) is 0 Å². The molecule has 134 valence electrons. The van der Waals surface area contributed by atoms with Crippen LogP contribution in [0.4, 0.5) is 5.69 Å². The number of nitrogens with one attached hydrogen (secondary N) is 2. The molecular weight excluding hydrogens is 350 g/mol. The van der Waals surface area contributed by atoms with Crippen molar-refractivity contribution >= 4 is 32.5 Å². The number of benzene rings is 2. The van der Waals surface area contributed by atoms with Crippen LogP contribution in [-0.2, 0) is 10.0 Å². The number of anilines is 1. The molecule has 1 aromatic heterocycles. The lowest BCUT2D eigenvalue weighted by Crippen LogP contribution is -2.24. The van der Waals surface area contributed by atoms with Gasteiger partial charge in [-0.1, -0.05) is 31.2 Å². The summed E-state index contributed by atoms with van der Waals surface area (Å²) in [6.45, 7) is 3.74. The Hall–Kier alpha value is -2.77. The molecular formula is C19H19N3O3S. The first-order valence-corrected chi connectivity index (χ1v) is 9.66. The summed E-state index contributed by atoms with van der Waals surface area (Å²) in [7, 11) is -3.63. The molecule has 2 aromatic carbocycles. The van der Waals surface area contributed by atoms with Gasteiger partial charge < -0.3 is 5.32 Å². The summed E-state index contributed by atoms with van der Waals surface area (Å²) < 4.78 is 26.8. The van der Waals surface area contributed by atoms with Crippen molar-refractivity contribution in [3.8, 4) is 0 Å². The van der Waals surface area contributed by atoms with Gasteiger partial charge in [-0.2, -0.15) is 0 Å². The first-order valence-electron chi connectivity index (χ1n) is 8.18. The van der Waals surface area contributed by atoms with E-state index >= 15 is 0 Å². The maximum Gasteiger partial charge on any atom is 0.256 e. The number of fused-ring (bicyclic) bond motifs is 1. The number of rotatable bonds is 5. The van der Waals surface area contributed by atoms with Gasteiger partial charge in [0.1, 0.15) is 0 Å². The van der Waals surface area contributed by atoms with Crippen molar-refractivity contribution in [1.29, 1.82) is 0 Å². The normalized spacial score (nSPS) is 11.5. The van der Waals surface area contributed by atoms with Gasteiger partial charge in [-0.3, -0.25) is 9.78 Å². The second-order valence-electron chi connectivity index (χ2n) is 5.81. The third-order valence-corrected chi connectivity index (χ3v) is 5.52. The molecule has 0 atom stereocenters. The maximum absolute atomic E-state index is 12.8. The van der Waals surface area contributed by atoms with Gasteiger partial charge in [-0.15, -0.1) is 0 Å². The molecule has 0 radical (unpaired) electrons. The van der Waals surface area contributed by atoms with E-state index < -0.39 is 10.0 Å². The quantitative estimate of drug-likeness (QED) is 0.723. The summed E-state index contributed by atoms with van der Waals surface area (Å²) >= 11 is 0. The third-order valence-electron chi connectivity index (χ3n) is 3.98. The average Bonchev–Trinajstić information content (AvgIpc) is 2.62. The molecule has 0 aliphatic rings. The van der Waals surface area contributed by atoms with Crippen LogP contribution in [0.5, 0.6) is 0 Å². The van der Waals surface area contributed by atoms with Crippen LogP contribution in [0, 0.1) is 6.92 Å². The predicted octanol–water partition coefficient (Wildman–Crippen LogP) is 3.09. The first kappa shape index (κ1) is 18.0. The lowest BCUT2D eigenvalue weighted by molar-refractivity contribution is 0.102. The second kappa shape index (κ2) is 7.23. The van der Waals surface area contributed by atoms with Crippen molar-refractivity contribution < 1.29 is 13.2 Å². The average molecular weight is 369 g/mol. The summed E-state index contributed by atoms with van der Waals surface area (Å²) in [6, 6.07) is 13.7. The van der Waals surface area contributed by atoms with E-state index in [1.165, 1.54) is 12.1 Å². The lowest BCUT2D eigenvalue weighted by atomic mass is 10.1. The summed E-state index contributed by atoms with van der Waals surface area (Å²) in [5, 5.41) is 3.74. The molecule has 0 saturated heterocycles. The van der Waals surface area contributed by atoms with Crippen molar-refractivity contribution in [3.05, 3.63) is 65.9 Å². The van der Waals surface area contributed by atoms with Crippen LogP contribution >= 0.6 is 0 Å². The zero-order chi connectivity index (χ0) is 18.7. The fraction of sp³-hybridized carbons (Fsp3) is 0.158. The number of hydrogen-bond donors (Lipinski definition) is 2. The number of pyridine rings is 1. The molecule has 1 heterocycles. The molecule has 0 spiro atoms. The second-order valence-corrected chi connectivity index (χ2v) is 7.58. The fourth-order valence-corrected chi connectivity index (χ4v) is 3.75. The number of hydrogen-bond acceptors (Lipinski definition) is 4. The number of aromatic nitrogens is 1. The van der Waals surface area contributed by atoms with Crippen LogP contribution in [0.3, 0.4) is 0 Å². The lowest BCUT2D eigenvalue weighted by Gasteiger charge is -2.12. The highest BCUT2D eigenvalue weighted by molar-refractivity contribution is 7.89. The Labute approximate surface area is 152 Å². The predicted molar refractivity (Wildman–Crippen MR) is 102 cm³/mol. The van der Waals surface area contributed by atoms with Gasteiger partial charge in [0.15, 0.2) is 0 Å². The van der Waals surface area contributed by atoms with Crippen LogP contribution in [0.25, 0.3) is 10.9 Å². The fourth-order valence-electron chi connectivity index (χ4n) is 2.68. The van der Waals surface area contributed by atoms with Crippen LogP contribution in [-0.4, -0.2) is 25.9 Å².